The van der Waals surface area contributed by atoms with Crippen molar-refractivity contribution in [2.24, 2.45) is 5.92 Å². The molecule has 1 saturated heterocycles. The van der Waals surface area contributed by atoms with Crippen molar-refractivity contribution in [1.29, 1.82) is 0 Å². The minimum atomic E-state index is -4.48. The van der Waals surface area contributed by atoms with Crippen LogP contribution in [0.15, 0.2) is 24.5 Å². The SMILES string of the molecule is CCOC(=O)C1CCC(N2CC(NC(=O)CNc3ncnc4ccc(C(F)(F)F)cc34)C2)CC1. The third-order valence-corrected chi connectivity index (χ3v) is 6.49. The van der Waals surface area contributed by atoms with Gasteiger partial charge in [-0.15, -0.1) is 0 Å². The van der Waals surface area contributed by atoms with Gasteiger partial charge < -0.3 is 15.4 Å². The average molecular weight is 480 g/mol. The normalized spacial score (nSPS) is 21.6. The summed E-state index contributed by atoms with van der Waals surface area (Å²) in [6.45, 7) is 3.59. The standard InChI is InChI=1S/C23H28F3N5O3/c1-2-34-22(33)14-3-6-17(7-4-14)31-11-16(12-31)30-20(32)10-27-21-18-9-15(23(24,25)26)5-8-19(18)28-13-29-21/h5,8-9,13-14,16-17H,2-4,6-7,10-12H2,1H3,(H,30,32)(H,27,28,29). The van der Waals surface area contributed by atoms with E-state index in [0.717, 1.165) is 50.9 Å². The highest BCUT2D eigenvalue weighted by atomic mass is 19.4. The van der Waals surface area contributed by atoms with Crippen molar-refractivity contribution in [2.75, 3.05) is 31.6 Å². The Morgan fingerprint density at radius 3 is 2.56 bits per heavy atom. The largest absolute Gasteiger partial charge is 0.466 e. The molecule has 11 heteroatoms. The number of esters is 1. The Hall–Kier alpha value is -2.95. The number of likely N-dealkylation sites (tertiary alicyclic amines) is 1. The number of carbonyl (C=O) groups excluding carboxylic acids is 2. The van der Waals surface area contributed by atoms with Crippen molar-refractivity contribution in [3.05, 3.63) is 30.1 Å². The fourth-order valence-electron chi connectivity index (χ4n) is 4.66. The van der Waals surface area contributed by atoms with Crippen LogP contribution in [-0.4, -0.2) is 65.1 Å². The number of hydrogen-bond acceptors (Lipinski definition) is 7. The number of anilines is 1. The first kappa shape index (κ1) is 24.2. The Morgan fingerprint density at radius 2 is 1.88 bits per heavy atom. The summed E-state index contributed by atoms with van der Waals surface area (Å²) >= 11 is 0. The van der Waals surface area contributed by atoms with Crippen LogP contribution in [0.3, 0.4) is 0 Å². The zero-order valence-corrected chi connectivity index (χ0v) is 18.9. The predicted octanol–water partition coefficient (Wildman–Crippen LogP) is 2.98. The first-order valence-electron chi connectivity index (χ1n) is 11.5. The minimum absolute atomic E-state index is 0.0101. The summed E-state index contributed by atoms with van der Waals surface area (Å²) in [7, 11) is 0. The van der Waals surface area contributed by atoms with Gasteiger partial charge in [0.15, 0.2) is 0 Å². The van der Waals surface area contributed by atoms with E-state index in [9.17, 15) is 22.8 Å². The summed E-state index contributed by atoms with van der Waals surface area (Å²) in [4.78, 5) is 34.6. The van der Waals surface area contributed by atoms with E-state index in [1.165, 1.54) is 12.4 Å². The molecule has 2 heterocycles. The molecule has 34 heavy (non-hydrogen) atoms. The highest BCUT2D eigenvalue weighted by Gasteiger charge is 2.36. The zero-order valence-electron chi connectivity index (χ0n) is 18.9. The molecule has 4 rings (SSSR count). The van der Waals surface area contributed by atoms with Gasteiger partial charge in [0.1, 0.15) is 12.1 Å². The number of nitrogens with one attached hydrogen (secondary N) is 2. The molecule has 8 nitrogen and oxygen atoms in total. The molecule has 184 valence electrons. The third kappa shape index (κ3) is 5.57. The number of halogens is 3. The molecule has 0 unspecified atom stereocenters. The highest BCUT2D eigenvalue weighted by Crippen LogP contribution is 2.33. The molecule has 2 aliphatic rings. The topological polar surface area (TPSA) is 96.5 Å². The molecule has 0 atom stereocenters. The second-order valence-corrected chi connectivity index (χ2v) is 8.78. The monoisotopic (exact) mass is 479 g/mol. The summed E-state index contributed by atoms with van der Waals surface area (Å²) in [5.41, 5.74) is -0.439. The second kappa shape index (κ2) is 10.1. The molecule has 0 spiro atoms. The van der Waals surface area contributed by atoms with Crippen LogP contribution in [0.5, 0.6) is 0 Å². The van der Waals surface area contributed by atoms with Crippen LogP contribution >= 0.6 is 0 Å². The molecule has 2 aromatic rings. The van der Waals surface area contributed by atoms with E-state index < -0.39 is 11.7 Å². The van der Waals surface area contributed by atoms with E-state index in [-0.39, 0.29) is 41.6 Å². The molecule has 0 radical (unpaired) electrons. The number of amides is 1. The molecule has 1 aliphatic carbocycles. The van der Waals surface area contributed by atoms with Gasteiger partial charge in [0.05, 0.1) is 36.2 Å². The Balaban J connectivity index is 1.23. The smallest absolute Gasteiger partial charge is 0.416 e. The minimum Gasteiger partial charge on any atom is -0.466 e. The van der Waals surface area contributed by atoms with E-state index in [0.29, 0.717) is 18.2 Å². The van der Waals surface area contributed by atoms with Crippen molar-refractivity contribution in [3.8, 4) is 0 Å². The van der Waals surface area contributed by atoms with Gasteiger partial charge >= 0.3 is 12.1 Å². The van der Waals surface area contributed by atoms with Crippen LogP contribution in [-0.2, 0) is 20.5 Å². The van der Waals surface area contributed by atoms with Crippen molar-refractivity contribution in [3.63, 3.8) is 0 Å². The first-order valence-corrected chi connectivity index (χ1v) is 11.5. The van der Waals surface area contributed by atoms with E-state index in [1.54, 1.807) is 0 Å². The lowest BCUT2D eigenvalue weighted by Crippen LogP contribution is -2.63. The fraction of sp³-hybridized carbons (Fsp3) is 0.565. The van der Waals surface area contributed by atoms with Gasteiger partial charge in [-0.1, -0.05) is 0 Å². The lowest BCUT2D eigenvalue weighted by atomic mass is 9.84. The maximum atomic E-state index is 13.1. The maximum Gasteiger partial charge on any atom is 0.416 e. The van der Waals surface area contributed by atoms with E-state index in [4.69, 9.17) is 4.74 Å². The summed E-state index contributed by atoms with van der Waals surface area (Å²) in [6, 6.07) is 3.67. The van der Waals surface area contributed by atoms with Crippen LogP contribution in [0.25, 0.3) is 10.9 Å². The van der Waals surface area contributed by atoms with Gasteiger partial charge in [-0.3, -0.25) is 14.5 Å². The zero-order chi connectivity index (χ0) is 24.3. The summed E-state index contributed by atoms with van der Waals surface area (Å²) in [5.74, 6) is -0.188. The number of nitrogens with zero attached hydrogens (tertiary/aromatic N) is 3. The molecule has 0 bridgehead atoms. The van der Waals surface area contributed by atoms with Gasteiger partial charge in [-0.25, -0.2) is 9.97 Å². The van der Waals surface area contributed by atoms with Gasteiger partial charge in [0.25, 0.3) is 0 Å². The molecule has 1 aromatic heterocycles. The van der Waals surface area contributed by atoms with Crippen LogP contribution in [0.1, 0.15) is 38.2 Å². The molecule has 1 amide bonds. The number of fused-ring (bicyclic) bond motifs is 1. The number of rotatable bonds is 7. The maximum absolute atomic E-state index is 13.1. The Bertz CT molecular complexity index is 1030. The second-order valence-electron chi connectivity index (χ2n) is 8.78. The Morgan fingerprint density at radius 1 is 1.15 bits per heavy atom. The first-order chi connectivity index (χ1) is 16.2. The highest BCUT2D eigenvalue weighted by molar-refractivity contribution is 5.91. The lowest BCUT2D eigenvalue weighted by Gasteiger charge is -2.46. The Kier molecular flexibility index (Phi) is 7.20. The number of carbonyl (C=O) groups is 2. The third-order valence-electron chi connectivity index (χ3n) is 6.49. The number of ether oxygens (including phenoxy) is 1. The van der Waals surface area contributed by atoms with Crippen molar-refractivity contribution in [2.45, 2.75) is 50.9 Å². The van der Waals surface area contributed by atoms with Crippen LogP contribution in [0, 0.1) is 5.92 Å². The molecule has 2 fully saturated rings. The van der Waals surface area contributed by atoms with Crippen molar-refractivity contribution >= 4 is 28.6 Å². The van der Waals surface area contributed by atoms with Gasteiger partial charge in [0, 0.05) is 24.5 Å². The molecule has 1 aliphatic heterocycles. The molecule has 2 N–H and O–H groups in total. The van der Waals surface area contributed by atoms with E-state index in [2.05, 4.69) is 25.5 Å². The predicted molar refractivity (Wildman–Crippen MR) is 119 cm³/mol. The van der Waals surface area contributed by atoms with Crippen LogP contribution < -0.4 is 10.6 Å². The average Bonchev–Trinajstić information content (AvgIpc) is 2.79. The number of benzene rings is 1. The number of aromatic nitrogens is 2. The van der Waals surface area contributed by atoms with Gasteiger partial charge in [0.2, 0.25) is 5.91 Å². The van der Waals surface area contributed by atoms with Crippen molar-refractivity contribution in [1.82, 2.24) is 20.2 Å². The van der Waals surface area contributed by atoms with E-state index in [1.807, 2.05) is 6.92 Å². The van der Waals surface area contributed by atoms with E-state index >= 15 is 0 Å². The van der Waals surface area contributed by atoms with Crippen LogP contribution in [0.4, 0.5) is 19.0 Å². The Labute approximate surface area is 195 Å². The van der Waals surface area contributed by atoms with Gasteiger partial charge in [-0.2, -0.15) is 13.2 Å². The number of alkyl halides is 3. The van der Waals surface area contributed by atoms with Crippen LogP contribution in [0.2, 0.25) is 0 Å². The molecule has 1 aromatic carbocycles. The molecular formula is C23H28F3N5O3. The van der Waals surface area contributed by atoms with Crippen molar-refractivity contribution < 1.29 is 27.5 Å². The number of hydrogen-bond donors (Lipinski definition) is 2. The summed E-state index contributed by atoms with van der Waals surface area (Å²) < 4.78 is 44.3. The fourth-order valence-corrected chi connectivity index (χ4v) is 4.66. The molecule has 1 saturated carbocycles. The quantitative estimate of drug-likeness (QED) is 0.590. The summed E-state index contributed by atoms with van der Waals surface area (Å²) in [5, 5.41) is 5.98. The molecular weight excluding hydrogens is 451 g/mol. The lowest BCUT2D eigenvalue weighted by molar-refractivity contribution is -0.149. The van der Waals surface area contributed by atoms with Gasteiger partial charge in [-0.05, 0) is 50.8 Å². The summed E-state index contributed by atoms with van der Waals surface area (Å²) in [6.07, 6.45) is 0.287.